The standard InChI is InChI=1S/C25H30N4O7/c1-4-34-35-15-18-19(36-23(33)17-8-6-5-7-9-17)21(31)29-14-16-10-12-25(13-11-16,24(29)26-18)27-20(30)22(32)28(2)3/h5-9,16H,4,10-15H2,1-3H3,(H,27,30). The molecule has 0 saturated heterocycles. The maximum absolute atomic E-state index is 13.7. The summed E-state index contributed by atoms with van der Waals surface area (Å²) in [5.74, 6) is -1.92. The molecule has 1 saturated carbocycles. The van der Waals surface area contributed by atoms with Gasteiger partial charge in [-0.05, 0) is 50.7 Å². The van der Waals surface area contributed by atoms with Crippen LogP contribution in [0.3, 0.4) is 0 Å². The van der Waals surface area contributed by atoms with E-state index in [1.54, 1.807) is 37.3 Å². The number of carbonyl (C=O) groups excluding carboxylic acids is 3. The zero-order valence-electron chi connectivity index (χ0n) is 20.6. The quantitative estimate of drug-likeness (QED) is 0.200. The largest absolute Gasteiger partial charge is 0.415 e. The normalized spacial score (nSPS) is 20.2. The van der Waals surface area contributed by atoms with Gasteiger partial charge in [0.2, 0.25) is 5.75 Å². The summed E-state index contributed by atoms with van der Waals surface area (Å²) in [6, 6.07) is 8.31. The van der Waals surface area contributed by atoms with E-state index in [1.807, 2.05) is 0 Å². The van der Waals surface area contributed by atoms with Crippen LogP contribution in [-0.4, -0.2) is 52.9 Å². The monoisotopic (exact) mass is 498 g/mol. The third-order valence-electron chi connectivity index (χ3n) is 6.58. The van der Waals surface area contributed by atoms with Gasteiger partial charge >= 0.3 is 17.8 Å². The number of ether oxygens (including phenoxy) is 1. The van der Waals surface area contributed by atoms with Gasteiger partial charge in [-0.2, -0.15) is 0 Å². The summed E-state index contributed by atoms with van der Waals surface area (Å²) >= 11 is 0. The van der Waals surface area contributed by atoms with Gasteiger partial charge in [-0.3, -0.25) is 19.0 Å². The predicted molar refractivity (Wildman–Crippen MR) is 127 cm³/mol. The Balaban J connectivity index is 1.79. The molecule has 3 aliphatic rings. The fourth-order valence-corrected chi connectivity index (χ4v) is 4.71. The van der Waals surface area contributed by atoms with E-state index in [0.717, 1.165) is 12.8 Å². The third kappa shape index (κ3) is 5.02. The summed E-state index contributed by atoms with van der Waals surface area (Å²) in [4.78, 5) is 67.7. The molecule has 0 atom stereocenters. The number of rotatable bonds is 7. The lowest BCUT2D eigenvalue weighted by atomic mass is 9.77. The van der Waals surface area contributed by atoms with Crippen molar-refractivity contribution in [3.8, 4) is 5.75 Å². The van der Waals surface area contributed by atoms with Gasteiger partial charge in [0.1, 0.15) is 18.1 Å². The number of esters is 1. The molecule has 0 spiro atoms. The Morgan fingerprint density at radius 2 is 1.83 bits per heavy atom. The van der Waals surface area contributed by atoms with Crippen LogP contribution in [0.2, 0.25) is 0 Å². The summed E-state index contributed by atoms with van der Waals surface area (Å²) in [5, 5.41) is 2.87. The Morgan fingerprint density at radius 1 is 1.14 bits per heavy atom. The van der Waals surface area contributed by atoms with E-state index in [9.17, 15) is 19.2 Å². The van der Waals surface area contributed by atoms with Crippen molar-refractivity contribution in [3.63, 3.8) is 0 Å². The van der Waals surface area contributed by atoms with Gasteiger partial charge in [0.05, 0.1) is 17.7 Å². The molecule has 36 heavy (non-hydrogen) atoms. The number of likely N-dealkylation sites (N-methyl/N-ethyl adjacent to an activating group) is 1. The Labute approximate surface area is 208 Å². The van der Waals surface area contributed by atoms with Gasteiger partial charge in [-0.1, -0.05) is 18.2 Å². The number of benzene rings is 1. The number of amides is 2. The molecule has 1 aromatic carbocycles. The lowest BCUT2D eigenvalue weighted by Crippen LogP contribution is -2.53. The van der Waals surface area contributed by atoms with E-state index in [2.05, 4.69) is 5.32 Å². The Bertz CT molecular complexity index is 1200. The second-order valence-corrected chi connectivity index (χ2v) is 9.23. The van der Waals surface area contributed by atoms with E-state index in [1.165, 1.54) is 23.6 Å². The van der Waals surface area contributed by atoms with E-state index >= 15 is 0 Å². The zero-order valence-corrected chi connectivity index (χ0v) is 20.6. The number of fused-ring (bicyclic) bond motifs is 2. The van der Waals surface area contributed by atoms with Crippen LogP contribution in [-0.2, 0) is 38.1 Å². The molecule has 2 bridgehead atoms. The summed E-state index contributed by atoms with van der Waals surface area (Å²) in [5.41, 5.74) is -1.22. The van der Waals surface area contributed by atoms with Gasteiger partial charge in [-0.15, -0.1) is 0 Å². The highest BCUT2D eigenvalue weighted by Crippen LogP contribution is 2.43. The minimum atomic E-state index is -1.02. The van der Waals surface area contributed by atoms with E-state index in [-0.39, 0.29) is 36.1 Å². The van der Waals surface area contributed by atoms with Crippen LogP contribution in [0.1, 0.15) is 54.5 Å². The first-order valence-electron chi connectivity index (χ1n) is 12.0. The first-order valence-corrected chi connectivity index (χ1v) is 12.0. The van der Waals surface area contributed by atoms with Crippen molar-refractivity contribution < 1.29 is 28.9 Å². The molecule has 192 valence electrons. The Hall–Kier alpha value is -3.57. The van der Waals surface area contributed by atoms with Crippen LogP contribution in [0.5, 0.6) is 5.75 Å². The fourth-order valence-electron chi connectivity index (χ4n) is 4.71. The summed E-state index contributed by atoms with van der Waals surface area (Å²) in [6.07, 6.45) is 2.52. The molecular formula is C25H30N4O7. The van der Waals surface area contributed by atoms with Gasteiger partial charge < -0.3 is 15.0 Å². The maximum Gasteiger partial charge on any atom is 0.343 e. The zero-order chi connectivity index (χ0) is 25.9. The molecule has 11 heteroatoms. The first kappa shape index (κ1) is 25.5. The molecule has 1 N–H and O–H groups in total. The SMILES string of the molecule is CCOOCc1nc2n(c(=O)c1OC(=O)c1ccccc1)CC1CCC2(NC(=O)C(=O)N(C)C)CC1. The van der Waals surface area contributed by atoms with Crippen molar-refractivity contribution in [1.82, 2.24) is 19.8 Å². The lowest BCUT2D eigenvalue weighted by Gasteiger charge is -2.37. The van der Waals surface area contributed by atoms with Crippen molar-refractivity contribution in [2.45, 2.75) is 51.3 Å². The maximum atomic E-state index is 13.7. The first-order chi connectivity index (χ1) is 17.3. The van der Waals surface area contributed by atoms with Crippen LogP contribution in [0, 0.1) is 5.92 Å². The molecule has 11 nitrogen and oxygen atoms in total. The molecule has 0 radical (unpaired) electrons. The highest BCUT2D eigenvalue weighted by atomic mass is 17.2. The molecule has 3 heterocycles. The number of aromatic nitrogens is 2. The minimum absolute atomic E-state index is 0.0712. The second-order valence-electron chi connectivity index (χ2n) is 9.23. The number of carbonyl (C=O) groups is 3. The van der Waals surface area contributed by atoms with Crippen molar-refractivity contribution in [1.29, 1.82) is 0 Å². The second kappa shape index (κ2) is 10.6. The third-order valence-corrected chi connectivity index (χ3v) is 6.58. The molecule has 2 aromatic rings. The molecule has 1 aliphatic carbocycles. The number of nitrogens with zero attached hydrogens (tertiary/aromatic N) is 3. The number of hydrogen-bond donors (Lipinski definition) is 1. The average molecular weight is 499 g/mol. The van der Waals surface area contributed by atoms with Crippen molar-refractivity contribution >= 4 is 17.8 Å². The number of nitrogens with one attached hydrogen (secondary N) is 1. The van der Waals surface area contributed by atoms with E-state index in [4.69, 9.17) is 19.5 Å². The minimum Gasteiger partial charge on any atom is -0.415 e. The van der Waals surface area contributed by atoms with Crippen LogP contribution >= 0.6 is 0 Å². The van der Waals surface area contributed by atoms with Gasteiger partial charge in [0.15, 0.2) is 0 Å². The highest BCUT2D eigenvalue weighted by Gasteiger charge is 2.46. The smallest absolute Gasteiger partial charge is 0.343 e. The molecule has 5 rings (SSSR count). The number of hydrogen-bond acceptors (Lipinski definition) is 8. The highest BCUT2D eigenvalue weighted by molar-refractivity contribution is 6.35. The van der Waals surface area contributed by atoms with Crippen LogP contribution in [0.25, 0.3) is 0 Å². The predicted octanol–water partition coefficient (Wildman–Crippen LogP) is 1.53. The molecule has 1 aromatic heterocycles. The summed E-state index contributed by atoms with van der Waals surface area (Å²) < 4.78 is 7.02. The van der Waals surface area contributed by atoms with Crippen molar-refractivity contribution in [2.75, 3.05) is 20.7 Å². The topological polar surface area (TPSA) is 129 Å². The van der Waals surface area contributed by atoms with Crippen LogP contribution in [0.4, 0.5) is 0 Å². The molecule has 1 fully saturated rings. The van der Waals surface area contributed by atoms with Crippen molar-refractivity contribution in [3.05, 3.63) is 57.8 Å². The summed E-state index contributed by atoms with van der Waals surface area (Å²) in [7, 11) is 2.99. The van der Waals surface area contributed by atoms with Crippen molar-refractivity contribution in [2.24, 2.45) is 5.92 Å². The van der Waals surface area contributed by atoms with Gasteiger partial charge in [0, 0.05) is 20.6 Å². The van der Waals surface area contributed by atoms with Gasteiger partial charge in [-0.25, -0.2) is 19.6 Å². The molecule has 2 aliphatic heterocycles. The lowest BCUT2D eigenvalue weighted by molar-refractivity contribution is -0.301. The summed E-state index contributed by atoms with van der Waals surface area (Å²) in [6.45, 7) is 2.11. The fraction of sp³-hybridized carbons (Fsp3) is 0.480. The molecular weight excluding hydrogens is 468 g/mol. The molecule has 0 unspecified atom stereocenters. The van der Waals surface area contributed by atoms with Crippen LogP contribution in [0.15, 0.2) is 35.1 Å². The Kier molecular flexibility index (Phi) is 7.51. The van der Waals surface area contributed by atoms with Crippen LogP contribution < -0.4 is 15.6 Å². The molecule has 2 amide bonds. The Morgan fingerprint density at radius 3 is 2.47 bits per heavy atom. The van der Waals surface area contributed by atoms with E-state index < -0.39 is 28.9 Å². The van der Waals surface area contributed by atoms with E-state index in [0.29, 0.717) is 25.2 Å². The average Bonchev–Trinajstić information content (AvgIpc) is 3.12. The van der Waals surface area contributed by atoms with Gasteiger partial charge in [0.25, 0.3) is 5.56 Å².